The van der Waals surface area contributed by atoms with E-state index < -0.39 is 26.8 Å². The van der Waals surface area contributed by atoms with E-state index in [1.54, 1.807) is 0 Å². The topological polar surface area (TPSA) is 153 Å². The predicted molar refractivity (Wildman–Crippen MR) is 51.3 cm³/mol. The van der Waals surface area contributed by atoms with Crippen molar-refractivity contribution in [1.82, 2.24) is 9.55 Å². The first kappa shape index (κ1) is 10.6. The minimum atomic E-state index is -5.90. The van der Waals surface area contributed by atoms with Crippen molar-refractivity contribution in [2.45, 2.75) is 11.6 Å². The molecule has 0 bridgehead atoms. The van der Waals surface area contributed by atoms with Crippen LogP contribution in [-0.4, -0.2) is 39.3 Å². The van der Waals surface area contributed by atoms with Crippen molar-refractivity contribution >= 4 is 15.2 Å². The first-order chi connectivity index (χ1) is 7.86. The van der Waals surface area contributed by atoms with Crippen LogP contribution in [-0.2, 0) is 15.6 Å². The molecule has 0 fully saturated rings. The van der Waals surface area contributed by atoms with Gasteiger partial charge in [0.05, 0.1) is 15.6 Å². The molecule has 1 aromatic rings. The Morgan fingerprint density at radius 2 is 1.81 bits per heavy atom. The van der Waals surface area contributed by atoms with Crippen LogP contribution in [0.4, 0.5) is 0 Å². The standard InChI is InChI=1S/C5H10N2O7P2/c8-5(15(9,10)11,16(12,13)14)3-7-2-1-6-4-7/h1-2,4,8H,3H2,(H2,9,10,11)(H2,12,13,14)/i3D2. The molecule has 0 aliphatic carbocycles. The highest BCUT2D eigenvalue weighted by molar-refractivity contribution is 7.72. The molecule has 16 heavy (non-hydrogen) atoms. The third-order valence-corrected chi connectivity index (χ3v) is 4.98. The molecule has 92 valence electrons. The molecule has 0 aromatic carbocycles. The van der Waals surface area contributed by atoms with Crippen LogP contribution in [0.5, 0.6) is 0 Å². The van der Waals surface area contributed by atoms with Crippen LogP contribution in [0.3, 0.4) is 0 Å². The van der Waals surface area contributed by atoms with Crippen LogP contribution in [0.1, 0.15) is 2.74 Å². The highest BCUT2D eigenvalue weighted by atomic mass is 31.2. The fourth-order valence-corrected chi connectivity index (χ4v) is 2.65. The van der Waals surface area contributed by atoms with Gasteiger partial charge in [-0.3, -0.25) is 9.13 Å². The molecule has 0 saturated carbocycles. The third-order valence-electron chi connectivity index (χ3n) is 1.60. The van der Waals surface area contributed by atoms with E-state index in [1.165, 1.54) is 0 Å². The zero-order valence-corrected chi connectivity index (χ0v) is 9.36. The average molecular weight is 274 g/mol. The first-order valence-electron chi connectivity index (χ1n) is 4.68. The second-order valence-corrected chi connectivity index (χ2v) is 6.63. The van der Waals surface area contributed by atoms with E-state index in [9.17, 15) is 14.2 Å². The molecule has 9 nitrogen and oxygen atoms in total. The Balaban J connectivity index is 3.58. The van der Waals surface area contributed by atoms with E-state index in [0.717, 1.165) is 18.7 Å². The van der Waals surface area contributed by atoms with E-state index in [-0.39, 0.29) is 0 Å². The van der Waals surface area contributed by atoms with E-state index in [2.05, 4.69) is 4.98 Å². The van der Waals surface area contributed by atoms with Crippen LogP contribution in [0.15, 0.2) is 18.7 Å². The lowest BCUT2D eigenvalue weighted by Gasteiger charge is -2.29. The average Bonchev–Trinajstić information content (AvgIpc) is 2.65. The number of hydrogen-bond acceptors (Lipinski definition) is 4. The number of aliphatic hydroxyl groups is 1. The maximum absolute atomic E-state index is 11.1. The van der Waals surface area contributed by atoms with Gasteiger partial charge < -0.3 is 29.2 Å². The molecular weight excluding hydrogens is 262 g/mol. The summed E-state index contributed by atoms with van der Waals surface area (Å²) in [7, 11) is -11.8. The van der Waals surface area contributed by atoms with Crippen molar-refractivity contribution in [3.05, 3.63) is 18.7 Å². The van der Waals surface area contributed by atoms with Crippen molar-refractivity contribution in [1.29, 1.82) is 0 Å². The van der Waals surface area contributed by atoms with Gasteiger partial charge in [0, 0.05) is 12.4 Å². The molecule has 0 amide bonds. The Morgan fingerprint density at radius 1 is 1.31 bits per heavy atom. The number of aromatic nitrogens is 2. The minimum absolute atomic E-state index is 0.352. The van der Waals surface area contributed by atoms with Gasteiger partial charge in [-0.15, -0.1) is 0 Å². The SMILES string of the molecule is [2H]C([2H])(n1ccnc1)C(O)(P(=O)(O)O)P(=O)(O)O. The summed E-state index contributed by atoms with van der Waals surface area (Å²) in [5, 5.41) is 5.42. The predicted octanol–water partition coefficient (Wildman–Crippen LogP) is -1.12. The second-order valence-electron chi connectivity index (χ2n) is 2.81. The quantitative estimate of drug-likeness (QED) is 0.433. The van der Waals surface area contributed by atoms with Crippen LogP contribution < -0.4 is 0 Å². The summed E-state index contributed by atoms with van der Waals surface area (Å²) in [5.41, 5.74) is 0. The molecule has 11 heteroatoms. The highest BCUT2D eigenvalue weighted by Gasteiger charge is 2.59. The van der Waals surface area contributed by atoms with Crippen LogP contribution in [0.2, 0.25) is 0 Å². The minimum Gasteiger partial charge on any atom is -0.366 e. The van der Waals surface area contributed by atoms with Crippen molar-refractivity contribution in [2.24, 2.45) is 0 Å². The Morgan fingerprint density at radius 3 is 2.12 bits per heavy atom. The zero-order valence-electron chi connectivity index (χ0n) is 9.57. The van der Waals surface area contributed by atoms with Crippen molar-refractivity contribution in [3.8, 4) is 0 Å². The number of imidazole rings is 1. The fourth-order valence-electron chi connectivity index (χ4n) is 0.798. The van der Waals surface area contributed by atoms with Gasteiger partial charge in [0.2, 0.25) is 0 Å². The first-order valence-corrected chi connectivity index (χ1v) is 6.90. The summed E-state index contributed by atoms with van der Waals surface area (Å²) in [6.07, 6.45) is 2.59. The number of hydrogen-bond donors (Lipinski definition) is 5. The Hall–Kier alpha value is -0.530. The van der Waals surface area contributed by atoms with Crippen molar-refractivity contribution in [3.63, 3.8) is 0 Å². The Bertz CT molecular complexity index is 498. The highest BCUT2D eigenvalue weighted by Crippen LogP contribution is 2.67. The lowest BCUT2D eigenvalue weighted by atomic mass is 10.6. The van der Waals surface area contributed by atoms with Crippen molar-refractivity contribution in [2.75, 3.05) is 0 Å². The molecule has 1 rings (SSSR count). The van der Waals surface area contributed by atoms with E-state index in [0.29, 0.717) is 4.57 Å². The lowest BCUT2D eigenvalue weighted by molar-refractivity contribution is 0.115. The Labute approximate surface area is 92.5 Å². The van der Waals surface area contributed by atoms with Gasteiger partial charge in [-0.05, 0) is 0 Å². The van der Waals surface area contributed by atoms with E-state index in [1.807, 2.05) is 0 Å². The van der Waals surface area contributed by atoms with Gasteiger partial charge in [-0.2, -0.15) is 0 Å². The molecular formula is C5H10N2O7P2. The summed E-state index contributed by atoms with van der Waals surface area (Å²) in [6, 6.07) is 0. The van der Waals surface area contributed by atoms with Crippen LogP contribution in [0, 0.1) is 0 Å². The molecule has 0 radical (unpaired) electrons. The molecule has 0 aliphatic heterocycles. The van der Waals surface area contributed by atoms with Gasteiger partial charge in [-0.1, -0.05) is 0 Å². The van der Waals surface area contributed by atoms with Crippen molar-refractivity contribution < 1.29 is 36.6 Å². The normalized spacial score (nSPS) is 16.8. The third kappa shape index (κ3) is 2.41. The van der Waals surface area contributed by atoms with Gasteiger partial charge >= 0.3 is 15.2 Å². The Kier molecular flexibility index (Phi) is 2.68. The summed E-state index contributed by atoms with van der Waals surface area (Å²) in [5.74, 6) is 0. The lowest BCUT2D eigenvalue weighted by Crippen LogP contribution is -2.33. The monoisotopic (exact) mass is 274 g/mol. The molecule has 0 aliphatic rings. The second kappa shape index (κ2) is 4.05. The molecule has 1 aromatic heterocycles. The molecule has 0 saturated heterocycles. The molecule has 0 unspecified atom stereocenters. The summed E-state index contributed by atoms with van der Waals surface area (Å²) < 4.78 is 37.4. The summed E-state index contributed by atoms with van der Waals surface area (Å²) >= 11 is 0. The van der Waals surface area contributed by atoms with Gasteiger partial charge in [-0.25, -0.2) is 4.98 Å². The molecule has 5 N–H and O–H groups in total. The van der Waals surface area contributed by atoms with Gasteiger partial charge in [0.15, 0.2) is 0 Å². The van der Waals surface area contributed by atoms with Gasteiger partial charge in [0.25, 0.3) is 5.08 Å². The zero-order chi connectivity index (χ0) is 14.4. The number of rotatable bonds is 4. The molecule has 1 heterocycles. The molecule has 0 spiro atoms. The summed E-state index contributed by atoms with van der Waals surface area (Å²) in [6.45, 7) is -3.47. The summed E-state index contributed by atoms with van der Waals surface area (Å²) in [4.78, 5) is 39.0. The van der Waals surface area contributed by atoms with E-state index >= 15 is 0 Å². The van der Waals surface area contributed by atoms with E-state index in [4.69, 9.17) is 22.3 Å². The van der Waals surface area contributed by atoms with Gasteiger partial charge in [0.1, 0.15) is 0 Å². The smallest absolute Gasteiger partial charge is 0.366 e. The van der Waals surface area contributed by atoms with Crippen LogP contribution in [0.25, 0.3) is 0 Å². The fraction of sp³-hybridized carbons (Fsp3) is 0.400. The maximum atomic E-state index is 11.1. The number of nitrogens with zero attached hydrogens (tertiary/aromatic N) is 2. The van der Waals surface area contributed by atoms with Crippen LogP contribution >= 0.6 is 15.2 Å². The largest absolute Gasteiger partial charge is 0.371 e. The molecule has 0 atom stereocenters. The maximum Gasteiger partial charge on any atom is 0.371 e.